The van der Waals surface area contributed by atoms with Gasteiger partial charge >= 0.3 is 0 Å². The number of primary amides is 1. The molecule has 0 saturated heterocycles. The fourth-order valence-corrected chi connectivity index (χ4v) is 6.42. The van der Waals surface area contributed by atoms with E-state index in [0.717, 1.165) is 0 Å². The predicted octanol–water partition coefficient (Wildman–Crippen LogP) is 1.39. The number of benzene rings is 2. The van der Waals surface area contributed by atoms with Crippen molar-refractivity contribution in [1.82, 2.24) is 4.90 Å². The molecule has 8 N–H and O–H groups in total. The molecule has 11 heteroatoms. The molecule has 0 heterocycles. The van der Waals surface area contributed by atoms with E-state index in [1.807, 2.05) is 0 Å². The van der Waals surface area contributed by atoms with Crippen molar-refractivity contribution in [2.24, 2.45) is 23.3 Å². The first-order chi connectivity index (χ1) is 18.3. The summed E-state index contributed by atoms with van der Waals surface area (Å²) in [6.07, 6.45) is 0.0771. The zero-order chi connectivity index (χ0) is 28.5. The lowest BCUT2D eigenvalue weighted by Gasteiger charge is -2.50. The average molecular weight is 538 g/mol. The number of aliphatic hydroxyl groups is 3. The van der Waals surface area contributed by atoms with Crippen LogP contribution in [0, 0.1) is 17.7 Å². The van der Waals surface area contributed by atoms with E-state index >= 15 is 0 Å². The molecule has 3 aliphatic rings. The van der Waals surface area contributed by atoms with Crippen molar-refractivity contribution in [3.8, 4) is 16.9 Å². The normalized spacial score (nSPS) is 26.5. The molecule has 39 heavy (non-hydrogen) atoms. The molecular weight excluding hydrogens is 509 g/mol. The maximum Gasteiger partial charge on any atom is 0.255 e. The molecule has 4 atom stereocenters. The van der Waals surface area contributed by atoms with E-state index in [1.54, 1.807) is 20.2 Å². The van der Waals surface area contributed by atoms with E-state index in [4.69, 9.17) is 11.5 Å². The SMILES string of the molecule is CN(C)[C@H]1C(O)=C(C(N)=O)C(=O)[C@@]2(O)C(O)=C3C(=O)c4c(O)c(CN)cc(-c5ccc(F)cc5)c4C[C@@H]3C[C@@H]12. The number of aromatic hydroxyl groups is 1. The number of carbonyl (C=O) groups excluding carboxylic acids is 3. The Morgan fingerprint density at radius 2 is 1.79 bits per heavy atom. The van der Waals surface area contributed by atoms with E-state index in [1.165, 1.54) is 29.2 Å². The van der Waals surface area contributed by atoms with Gasteiger partial charge in [0, 0.05) is 23.6 Å². The summed E-state index contributed by atoms with van der Waals surface area (Å²) in [5.41, 5.74) is 8.99. The van der Waals surface area contributed by atoms with Crippen LogP contribution in [0.4, 0.5) is 4.39 Å². The van der Waals surface area contributed by atoms with Gasteiger partial charge in [0.1, 0.15) is 28.7 Å². The quantitative estimate of drug-likeness (QED) is 0.313. The maximum absolute atomic E-state index is 13.9. The average Bonchev–Trinajstić information content (AvgIpc) is 2.86. The number of halogens is 1. The number of hydrogen-bond donors (Lipinski definition) is 6. The number of ketones is 2. The molecule has 5 rings (SSSR count). The van der Waals surface area contributed by atoms with Crippen molar-refractivity contribution in [2.75, 3.05) is 14.1 Å². The Bertz CT molecular complexity index is 1510. The molecule has 0 fully saturated rings. The Morgan fingerprint density at radius 3 is 2.36 bits per heavy atom. The summed E-state index contributed by atoms with van der Waals surface area (Å²) in [6, 6.07) is 6.14. The van der Waals surface area contributed by atoms with E-state index in [0.29, 0.717) is 16.7 Å². The standard InChI is InChI=1S/C28H28FN3O7/c1-32(2)21-17-9-12-7-16-15(11-3-5-14(29)6-4-11)8-13(10-30)22(33)19(16)23(34)18(12)25(36)28(17,39)26(37)20(24(21)35)27(31)38/h3-6,8,12,17,21,33,35-36,39H,7,9-10,30H2,1-2H3,(H2,31,38)/t12-,17+,21-,28+/m1/s1. The zero-order valence-corrected chi connectivity index (χ0v) is 21.2. The van der Waals surface area contributed by atoms with Crippen LogP contribution in [0.5, 0.6) is 5.75 Å². The van der Waals surface area contributed by atoms with Crippen LogP contribution < -0.4 is 11.5 Å². The summed E-state index contributed by atoms with van der Waals surface area (Å²) in [7, 11) is 3.12. The highest BCUT2D eigenvalue weighted by atomic mass is 19.1. The van der Waals surface area contributed by atoms with Crippen LogP contribution in [0.25, 0.3) is 11.1 Å². The third-order valence-corrected chi connectivity index (χ3v) is 8.18. The van der Waals surface area contributed by atoms with Crippen molar-refractivity contribution < 1.29 is 39.2 Å². The Kier molecular flexibility index (Phi) is 6.13. The number of fused-ring (bicyclic) bond motifs is 3. The largest absolute Gasteiger partial charge is 0.510 e. The molecule has 0 bridgehead atoms. The fraction of sp³-hybridized carbons (Fsp3) is 0.321. The Labute approximate surface area is 222 Å². The van der Waals surface area contributed by atoms with Crippen LogP contribution in [-0.2, 0) is 22.6 Å². The molecule has 204 valence electrons. The third-order valence-electron chi connectivity index (χ3n) is 8.18. The molecule has 3 aliphatic carbocycles. The number of Topliss-reactive ketones (excluding diaryl/α,β-unsaturated/α-hetero) is 2. The van der Waals surface area contributed by atoms with E-state index in [9.17, 15) is 39.2 Å². The second-order valence-corrected chi connectivity index (χ2v) is 10.5. The topological polar surface area (TPSA) is 187 Å². The Balaban J connectivity index is 1.76. The van der Waals surface area contributed by atoms with Gasteiger partial charge in [-0.2, -0.15) is 0 Å². The minimum absolute atomic E-state index is 0.0337. The number of amides is 1. The van der Waals surface area contributed by atoms with Gasteiger partial charge in [0.2, 0.25) is 5.78 Å². The minimum atomic E-state index is -2.72. The summed E-state index contributed by atoms with van der Waals surface area (Å²) >= 11 is 0. The highest BCUT2D eigenvalue weighted by Crippen LogP contribution is 2.53. The molecule has 0 unspecified atom stereocenters. The third kappa shape index (κ3) is 3.61. The van der Waals surface area contributed by atoms with Crippen LogP contribution in [0.2, 0.25) is 0 Å². The van der Waals surface area contributed by atoms with Crippen molar-refractivity contribution in [2.45, 2.75) is 31.0 Å². The number of phenols is 1. The predicted molar refractivity (Wildman–Crippen MR) is 137 cm³/mol. The van der Waals surface area contributed by atoms with E-state index < -0.39 is 69.6 Å². The first-order valence-electron chi connectivity index (χ1n) is 12.3. The first kappa shape index (κ1) is 26.5. The highest BCUT2D eigenvalue weighted by Gasteiger charge is 2.63. The van der Waals surface area contributed by atoms with Gasteiger partial charge < -0.3 is 31.9 Å². The van der Waals surface area contributed by atoms with Gasteiger partial charge in [0.05, 0.1) is 11.6 Å². The van der Waals surface area contributed by atoms with Crippen LogP contribution >= 0.6 is 0 Å². The lowest BCUT2D eigenvalue weighted by atomic mass is 9.58. The molecule has 0 radical (unpaired) electrons. The maximum atomic E-state index is 13.9. The zero-order valence-electron chi connectivity index (χ0n) is 21.2. The smallest absolute Gasteiger partial charge is 0.255 e. The second-order valence-electron chi connectivity index (χ2n) is 10.5. The summed E-state index contributed by atoms with van der Waals surface area (Å²) in [4.78, 5) is 40.9. The Hall–Kier alpha value is -4.06. The monoisotopic (exact) mass is 537 g/mol. The number of phenolic OH excluding ortho intramolecular Hbond substituents is 1. The van der Waals surface area contributed by atoms with E-state index in [-0.39, 0.29) is 36.1 Å². The minimum Gasteiger partial charge on any atom is -0.510 e. The summed E-state index contributed by atoms with van der Waals surface area (Å²) in [5.74, 6) is -7.68. The number of nitrogens with zero attached hydrogens (tertiary/aromatic N) is 1. The summed E-state index contributed by atoms with van der Waals surface area (Å²) < 4.78 is 13.7. The Morgan fingerprint density at radius 1 is 1.15 bits per heavy atom. The fourth-order valence-electron chi connectivity index (χ4n) is 6.42. The number of likely N-dealkylation sites (N-methyl/N-ethyl adjacent to an activating group) is 1. The molecule has 2 aromatic carbocycles. The van der Waals surface area contributed by atoms with Crippen molar-refractivity contribution >= 4 is 17.5 Å². The lowest BCUT2D eigenvalue weighted by Crippen LogP contribution is -2.63. The number of aliphatic hydroxyl groups excluding tert-OH is 2. The molecule has 10 nitrogen and oxygen atoms in total. The number of carbonyl (C=O) groups is 3. The lowest BCUT2D eigenvalue weighted by molar-refractivity contribution is -0.148. The van der Waals surface area contributed by atoms with Gasteiger partial charge in [0.15, 0.2) is 11.4 Å². The summed E-state index contributed by atoms with van der Waals surface area (Å²) in [5, 5.41) is 45.0. The molecule has 0 aliphatic heterocycles. The van der Waals surface area contributed by atoms with Crippen LogP contribution in [-0.4, -0.2) is 68.5 Å². The molecule has 0 spiro atoms. The number of rotatable bonds is 4. The molecule has 2 aromatic rings. The number of nitrogens with two attached hydrogens (primary N) is 2. The van der Waals surface area contributed by atoms with Gasteiger partial charge in [-0.25, -0.2) is 4.39 Å². The van der Waals surface area contributed by atoms with Crippen molar-refractivity contribution in [1.29, 1.82) is 0 Å². The van der Waals surface area contributed by atoms with Crippen LogP contribution in [0.3, 0.4) is 0 Å². The van der Waals surface area contributed by atoms with Crippen molar-refractivity contribution in [3.63, 3.8) is 0 Å². The second kappa shape index (κ2) is 9.01. The molecule has 0 saturated carbocycles. The van der Waals surface area contributed by atoms with Crippen LogP contribution in [0.1, 0.15) is 27.9 Å². The molecule has 0 aromatic heterocycles. The molecular formula is C28H28FN3O7. The summed E-state index contributed by atoms with van der Waals surface area (Å²) in [6.45, 7) is -0.129. The molecule has 1 amide bonds. The first-order valence-corrected chi connectivity index (χ1v) is 12.3. The van der Waals surface area contributed by atoms with Crippen molar-refractivity contribution in [3.05, 3.63) is 75.5 Å². The van der Waals surface area contributed by atoms with Gasteiger partial charge in [-0.05, 0) is 67.7 Å². The number of hydrogen-bond acceptors (Lipinski definition) is 9. The van der Waals surface area contributed by atoms with Gasteiger partial charge in [-0.1, -0.05) is 12.1 Å². The number of allylic oxidation sites excluding steroid dienone is 1. The highest BCUT2D eigenvalue weighted by molar-refractivity contribution is 6.25. The van der Waals surface area contributed by atoms with Gasteiger partial charge in [0.25, 0.3) is 5.91 Å². The van der Waals surface area contributed by atoms with E-state index in [2.05, 4.69) is 0 Å². The van der Waals surface area contributed by atoms with Gasteiger partial charge in [-0.3, -0.25) is 19.3 Å². The van der Waals surface area contributed by atoms with Gasteiger partial charge in [-0.15, -0.1) is 0 Å². The van der Waals surface area contributed by atoms with Crippen LogP contribution in [0.15, 0.2) is 53.0 Å².